The molecule has 0 aliphatic rings. The summed E-state index contributed by atoms with van der Waals surface area (Å²) in [6.07, 6.45) is 0. The number of rotatable bonds is 4. The Hall–Kier alpha value is -2.43. The van der Waals surface area contributed by atoms with Crippen molar-refractivity contribution in [2.24, 2.45) is 0 Å². The van der Waals surface area contributed by atoms with Gasteiger partial charge in [-0.1, -0.05) is 42.5 Å². The van der Waals surface area contributed by atoms with Crippen molar-refractivity contribution in [1.29, 1.82) is 0 Å². The molecule has 1 aromatic heterocycles. The highest BCUT2D eigenvalue weighted by Gasteiger charge is 2.14. The first-order valence-electron chi connectivity index (χ1n) is 6.92. The Bertz CT molecular complexity index is 781. The highest BCUT2D eigenvalue weighted by atomic mass is 32.1. The Morgan fingerprint density at radius 1 is 1.05 bits per heavy atom. The van der Waals surface area contributed by atoms with Crippen molar-refractivity contribution in [2.45, 2.75) is 6.61 Å². The van der Waals surface area contributed by atoms with Crippen LogP contribution in [0.2, 0.25) is 0 Å². The monoisotopic (exact) mass is 309 g/mol. The molecule has 0 radical (unpaired) electrons. The van der Waals surface area contributed by atoms with Gasteiger partial charge in [-0.2, -0.15) is 0 Å². The highest BCUT2D eigenvalue weighted by Crippen LogP contribution is 2.29. The first kappa shape index (κ1) is 14.5. The van der Waals surface area contributed by atoms with E-state index in [0.717, 1.165) is 16.7 Å². The van der Waals surface area contributed by atoms with Crippen LogP contribution in [0.25, 0.3) is 11.1 Å². The molecule has 22 heavy (non-hydrogen) atoms. The standard InChI is InChI=1S/C18H15NO2S/c20-12-13-5-4-8-15(11-13)19-18(21)17-16(9-10-22-17)14-6-2-1-3-7-14/h1-11,20H,12H2,(H,19,21). The molecule has 0 unspecified atom stereocenters. The number of aliphatic hydroxyl groups is 1. The van der Waals surface area contributed by atoms with Crippen LogP contribution < -0.4 is 5.32 Å². The topological polar surface area (TPSA) is 49.3 Å². The van der Waals surface area contributed by atoms with E-state index in [-0.39, 0.29) is 12.5 Å². The molecule has 3 nitrogen and oxygen atoms in total. The highest BCUT2D eigenvalue weighted by molar-refractivity contribution is 7.12. The van der Waals surface area contributed by atoms with E-state index >= 15 is 0 Å². The summed E-state index contributed by atoms with van der Waals surface area (Å²) < 4.78 is 0. The van der Waals surface area contributed by atoms with Gasteiger partial charge in [-0.15, -0.1) is 11.3 Å². The van der Waals surface area contributed by atoms with Crippen LogP contribution in [0.5, 0.6) is 0 Å². The second-order valence-corrected chi connectivity index (χ2v) is 5.76. The summed E-state index contributed by atoms with van der Waals surface area (Å²) in [5, 5.41) is 14.0. The Balaban J connectivity index is 1.86. The number of benzene rings is 2. The summed E-state index contributed by atoms with van der Waals surface area (Å²) in [6.45, 7) is -0.0437. The van der Waals surface area contributed by atoms with Gasteiger partial charge in [0.15, 0.2) is 0 Å². The van der Waals surface area contributed by atoms with E-state index in [1.54, 1.807) is 6.07 Å². The van der Waals surface area contributed by atoms with Gasteiger partial charge in [0.25, 0.3) is 5.91 Å². The zero-order valence-corrected chi connectivity index (χ0v) is 12.6. The van der Waals surface area contributed by atoms with Gasteiger partial charge in [0, 0.05) is 11.3 Å². The number of aliphatic hydroxyl groups excluding tert-OH is 1. The predicted molar refractivity (Wildman–Crippen MR) is 90.1 cm³/mol. The van der Waals surface area contributed by atoms with Crippen LogP contribution in [0.4, 0.5) is 5.69 Å². The first-order valence-corrected chi connectivity index (χ1v) is 7.80. The minimum atomic E-state index is -0.135. The van der Waals surface area contributed by atoms with Crippen molar-refractivity contribution >= 4 is 22.9 Å². The summed E-state index contributed by atoms with van der Waals surface area (Å²) in [5.74, 6) is -0.135. The lowest BCUT2D eigenvalue weighted by Gasteiger charge is -2.07. The maximum Gasteiger partial charge on any atom is 0.266 e. The number of nitrogens with one attached hydrogen (secondary N) is 1. The number of amides is 1. The van der Waals surface area contributed by atoms with Gasteiger partial charge in [0.2, 0.25) is 0 Å². The molecule has 0 saturated carbocycles. The predicted octanol–water partition coefficient (Wildman–Crippen LogP) is 4.16. The Kier molecular flexibility index (Phi) is 4.32. The van der Waals surface area contributed by atoms with Gasteiger partial charge in [-0.05, 0) is 34.7 Å². The summed E-state index contributed by atoms with van der Waals surface area (Å²) in [6, 6.07) is 19.0. The molecule has 1 amide bonds. The van der Waals surface area contributed by atoms with E-state index in [1.165, 1.54) is 11.3 Å². The maximum atomic E-state index is 12.5. The number of carbonyl (C=O) groups excluding carboxylic acids is 1. The first-order chi connectivity index (χ1) is 10.8. The zero-order valence-electron chi connectivity index (χ0n) is 11.8. The molecule has 0 atom stereocenters. The average molecular weight is 309 g/mol. The number of thiophene rings is 1. The Morgan fingerprint density at radius 2 is 1.86 bits per heavy atom. The largest absolute Gasteiger partial charge is 0.392 e. The summed E-state index contributed by atoms with van der Waals surface area (Å²) in [4.78, 5) is 13.2. The SMILES string of the molecule is O=C(Nc1cccc(CO)c1)c1sccc1-c1ccccc1. The summed E-state index contributed by atoms with van der Waals surface area (Å²) in [5.41, 5.74) is 3.41. The smallest absolute Gasteiger partial charge is 0.266 e. The second-order valence-electron chi connectivity index (χ2n) is 4.84. The molecular formula is C18H15NO2S. The van der Waals surface area contributed by atoms with Crippen LogP contribution in [-0.4, -0.2) is 11.0 Å². The third-order valence-electron chi connectivity index (χ3n) is 3.32. The van der Waals surface area contributed by atoms with E-state index < -0.39 is 0 Å². The van der Waals surface area contributed by atoms with Crippen molar-refractivity contribution in [2.75, 3.05) is 5.32 Å². The van der Waals surface area contributed by atoms with Crippen molar-refractivity contribution in [3.8, 4) is 11.1 Å². The van der Waals surface area contributed by atoms with E-state index in [9.17, 15) is 4.79 Å². The molecule has 110 valence electrons. The van der Waals surface area contributed by atoms with Crippen molar-refractivity contribution in [3.05, 3.63) is 76.5 Å². The summed E-state index contributed by atoms with van der Waals surface area (Å²) >= 11 is 1.42. The Labute approximate surface area is 132 Å². The quantitative estimate of drug-likeness (QED) is 0.760. The van der Waals surface area contributed by atoms with E-state index in [0.29, 0.717) is 10.6 Å². The molecule has 0 bridgehead atoms. The molecule has 2 N–H and O–H groups in total. The molecule has 0 fully saturated rings. The van der Waals surface area contributed by atoms with Gasteiger partial charge in [-0.25, -0.2) is 0 Å². The third kappa shape index (κ3) is 3.08. The van der Waals surface area contributed by atoms with Crippen molar-refractivity contribution < 1.29 is 9.90 Å². The van der Waals surface area contributed by atoms with Crippen molar-refractivity contribution in [1.82, 2.24) is 0 Å². The van der Waals surface area contributed by atoms with Gasteiger partial charge in [0.05, 0.1) is 11.5 Å². The zero-order chi connectivity index (χ0) is 15.4. The molecule has 4 heteroatoms. The van der Waals surface area contributed by atoms with Crippen LogP contribution in [-0.2, 0) is 6.61 Å². The maximum absolute atomic E-state index is 12.5. The molecular weight excluding hydrogens is 294 g/mol. The number of hydrogen-bond acceptors (Lipinski definition) is 3. The minimum Gasteiger partial charge on any atom is -0.392 e. The van der Waals surface area contributed by atoms with Crippen LogP contribution >= 0.6 is 11.3 Å². The fourth-order valence-electron chi connectivity index (χ4n) is 2.27. The minimum absolute atomic E-state index is 0.0437. The van der Waals surface area contributed by atoms with Crippen LogP contribution in [0, 0.1) is 0 Å². The molecule has 0 spiro atoms. The fraction of sp³-hybridized carbons (Fsp3) is 0.0556. The van der Waals surface area contributed by atoms with Crippen LogP contribution in [0.3, 0.4) is 0 Å². The molecule has 3 aromatic rings. The van der Waals surface area contributed by atoms with E-state index in [2.05, 4.69) is 5.32 Å². The van der Waals surface area contributed by atoms with E-state index in [4.69, 9.17) is 5.11 Å². The van der Waals surface area contributed by atoms with Crippen LogP contribution in [0.15, 0.2) is 66.0 Å². The van der Waals surface area contributed by atoms with Crippen LogP contribution in [0.1, 0.15) is 15.2 Å². The normalized spacial score (nSPS) is 10.4. The molecule has 2 aromatic carbocycles. The molecule has 1 heterocycles. The number of hydrogen-bond donors (Lipinski definition) is 2. The fourth-order valence-corrected chi connectivity index (χ4v) is 3.08. The number of anilines is 1. The lowest BCUT2D eigenvalue weighted by atomic mass is 10.1. The lowest BCUT2D eigenvalue weighted by molar-refractivity contribution is 0.103. The molecule has 0 aliphatic carbocycles. The van der Waals surface area contributed by atoms with Gasteiger partial charge in [-0.3, -0.25) is 4.79 Å². The molecule has 3 rings (SSSR count). The second kappa shape index (κ2) is 6.56. The molecule has 0 aliphatic heterocycles. The van der Waals surface area contributed by atoms with Gasteiger partial charge in [0.1, 0.15) is 0 Å². The Morgan fingerprint density at radius 3 is 2.64 bits per heavy atom. The third-order valence-corrected chi connectivity index (χ3v) is 4.24. The van der Waals surface area contributed by atoms with E-state index in [1.807, 2.05) is 60.0 Å². The van der Waals surface area contributed by atoms with Crippen molar-refractivity contribution in [3.63, 3.8) is 0 Å². The van der Waals surface area contributed by atoms with Gasteiger partial charge >= 0.3 is 0 Å². The van der Waals surface area contributed by atoms with Gasteiger partial charge < -0.3 is 10.4 Å². The lowest BCUT2D eigenvalue weighted by Crippen LogP contribution is -2.11. The molecule has 0 saturated heterocycles. The summed E-state index contributed by atoms with van der Waals surface area (Å²) in [7, 11) is 0. The average Bonchev–Trinajstić information content (AvgIpc) is 3.05. The number of carbonyl (C=O) groups is 1.